The lowest BCUT2D eigenvalue weighted by molar-refractivity contribution is 0.141. The molecule has 1 aromatic rings. The molecule has 76 valence electrons. The topological polar surface area (TPSA) is 40.5 Å². The lowest BCUT2D eigenvalue weighted by Gasteiger charge is -2.09. The lowest BCUT2D eigenvalue weighted by Crippen LogP contribution is -2.20. The lowest BCUT2D eigenvalue weighted by atomic mass is 10.1. The van der Waals surface area contributed by atoms with Crippen molar-refractivity contribution in [3.63, 3.8) is 0 Å². The van der Waals surface area contributed by atoms with Crippen molar-refractivity contribution in [3.05, 3.63) is 35.9 Å². The zero-order chi connectivity index (χ0) is 9.97. The molecule has 2 N–H and O–H groups in total. The predicted octanol–water partition coefficient (Wildman–Crippen LogP) is 1.59. The van der Waals surface area contributed by atoms with E-state index >= 15 is 0 Å². The third kappa shape index (κ3) is 1.95. The summed E-state index contributed by atoms with van der Waals surface area (Å²) >= 11 is 1.67. The molecule has 2 nitrogen and oxygen atoms in total. The minimum atomic E-state index is -0.366. The van der Waals surface area contributed by atoms with Gasteiger partial charge < -0.3 is 10.2 Å². The van der Waals surface area contributed by atoms with Gasteiger partial charge in [-0.3, -0.25) is 0 Å². The van der Waals surface area contributed by atoms with Crippen molar-refractivity contribution in [2.24, 2.45) is 0 Å². The molecule has 0 amide bonds. The van der Waals surface area contributed by atoms with Crippen molar-refractivity contribution in [1.29, 1.82) is 0 Å². The summed E-state index contributed by atoms with van der Waals surface area (Å²) in [4.78, 5) is 0. The van der Waals surface area contributed by atoms with Crippen LogP contribution in [0.2, 0.25) is 0 Å². The first kappa shape index (κ1) is 10.0. The number of thioether (sulfide) groups is 1. The van der Waals surface area contributed by atoms with E-state index in [4.69, 9.17) is 5.11 Å². The molecule has 0 saturated carbocycles. The molecule has 0 spiro atoms. The van der Waals surface area contributed by atoms with E-state index in [1.807, 2.05) is 18.2 Å². The molecule has 0 aliphatic carbocycles. The molecule has 3 atom stereocenters. The van der Waals surface area contributed by atoms with Crippen LogP contribution in [0.1, 0.15) is 17.2 Å². The maximum Gasteiger partial charge on any atom is 0.0695 e. The summed E-state index contributed by atoms with van der Waals surface area (Å²) in [5.41, 5.74) is 1.24. The van der Waals surface area contributed by atoms with Crippen LogP contribution in [-0.4, -0.2) is 28.2 Å². The van der Waals surface area contributed by atoms with Crippen LogP contribution in [0.15, 0.2) is 30.3 Å². The van der Waals surface area contributed by atoms with Gasteiger partial charge in [-0.05, 0) is 12.0 Å². The molecule has 1 aromatic carbocycles. The third-order valence-corrected chi connectivity index (χ3v) is 4.18. The van der Waals surface area contributed by atoms with Crippen molar-refractivity contribution in [2.75, 3.05) is 6.61 Å². The smallest absolute Gasteiger partial charge is 0.0695 e. The molecule has 0 unspecified atom stereocenters. The molecular formula is C11H14O2S. The monoisotopic (exact) mass is 210 g/mol. The summed E-state index contributed by atoms with van der Waals surface area (Å²) in [6, 6.07) is 10.2. The summed E-state index contributed by atoms with van der Waals surface area (Å²) in [5.74, 6) is 0. The molecule has 1 saturated heterocycles. The molecule has 0 aromatic heterocycles. The zero-order valence-electron chi connectivity index (χ0n) is 7.84. The maximum absolute atomic E-state index is 9.64. The number of rotatable bonds is 2. The molecule has 0 bridgehead atoms. The van der Waals surface area contributed by atoms with Crippen molar-refractivity contribution in [1.82, 2.24) is 0 Å². The summed E-state index contributed by atoms with van der Waals surface area (Å²) in [5, 5.41) is 19.0. The van der Waals surface area contributed by atoms with Crippen LogP contribution >= 0.6 is 11.8 Å². The summed E-state index contributed by atoms with van der Waals surface area (Å²) < 4.78 is 0. The normalized spacial score (nSPS) is 32.0. The number of benzene rings is 1. The van der Waals surface area contributed by atoms with Gasteiger partial charge in [0.15, 0.2) is 0 Å². The number of aliphatic hydroxyl groups excluding tert-OH is 2. The van der Waals surface area contributed by atoms with Gasteiger partial charge in [0.05, 0.1) is 18.0 Å². The summed E-state index contributed by atoms with van der Waals surface area (Å²) in [7, 11) is 0. The van der Waals surface area contributed by atoms with Gasteiger partial charge in [-0.15, -0.1) is 11.8 Å². The van der Waals surface area contributed by atoms with Crippen LogP contribution in [0.4, 0.5) is 0 Å². The Morgan fingerprint density at radius 2 is 2.00 bits per heavy atom. The quantitative estimate of drug-likeness (QED) is 0.778. The van der Waals surface area contributed by atoms with E-state index in [9.17, 15) is 5.11 Å². The maximum atomic E-state index is 9.64. The van der Waals surface area contributed by atoms with Gasteiger partial charge in [0.25, 0.3) is 0 Å². The Morgan fingerprint density at radius 1 is 1.29 bits per heavy atom. The molecule has 1 heterocycles. The Balaban J connectivity index is 2.09. The minimum absolute atomic E-state index is 0.0137. The van der Waals surface area contributed by atoms with Crippen LogP contribution in [0, 0.1) is 0 Å². The Labute approximate surface area is 88.0 Å². The fraction of sp³-hybridized carbons (Fsp3) is 0.455. The largest absolute Gasteiger partial charge is 0.395 e. The molecule has 0 radical (unpaired) electrons. The molecule has 2 rings (SSSR count). The van der Waals surface area contributed by atoms with Crippen LogP contribution in [0.3, 0.4) is 0 Å². The van der Waals surface area contributed by atoms with Gasteiger partial charge in [-0.1, -0.05) is 30.3 Å². The molecule has 14 heavy (non-hydrogen) atoms. The van der Waals surface area contributed by atoms with Gasteiger partial charge in [-0.25, -0.2) is 0 Å². The van der Waals surface area contributed by atoms with Crippen LogP contribution < -0.4 is 0 Å². The SMILES string of the molecule is OC[C@@H]1S[C@H](c2ccccc2)C[C@@H]1O. The second-order valence-corrected chi connectivity index (χ2v) is 5.01. The molecule has 1 aliphatic rings. The van der Waals surface area contributed by atoms with Crippen molar-refractivity contribution in [2.45, 2.75) is 23.0 Å². The average Bonchev–Trinajstić information content (AvgIpc) is 2.61. The third-order valence-electron chi connectivity index (χ3n) is 2.58. The van der Waals surface area contributed by atoms with E-state index in [0.29, 0.717) is 5.25 Å². The number of hydrogen-bond acceptors (Lipinski definition) is 3. The fourth-order valence-electron chi connectivity index (χ4n) is 1.78. The van der Waals surface area contributed by atoms with Gasteiger partial charge in [0, 0.05) is 5.25 Å². The second-order valence-electron chi connectivity index (χ2n) is 3.56. The number of hydrogen-bond donors (Lipinski definition) is 2. The van der Waals surface area contributed by atoms with Gasteiger partial charge in [0.1, 0.15) is 0 Å². The Morgan fingerprint density at radius 3 is 2.57 bits per heavy atom. The number of aliphatic hydroxyl groups is 2. The zero-order valence-corrected chi connectivity index (χ0v) is 8.65. The highest BCUT2D eigenvalue weighted by atomic mass is 32.2. The van der Waals surface area contributed by atoms with E-state index in [1.165, 1.54) is 5.56 Å². The predicted molar refractivity (Wildman–Crippen MR) is 58.3 cm³/mol. The average molecular weight is 210 g/mol. The first-order chi connectivity index (χ1) is 6.81. The van der Waals surface area contributed by atoms with Crippen molar-refractivity contribution >= 4 is 11.8 Å². The Kier molecular flexibility index (Phi) is 3.11. The molecular weight excluding hydrogens is 196 g/mol. The molecule has 1 aliphatic heterocycles. The first-order valence-electron chi connectivity index (χ1n) is 4.80. The second kappa shape index (κ2) is 4.34. The minimum Gasteiger partial charge on any atom is -0.395 e. The van der Waals surface area contributed by atoms with Gasteiger partial charge >= 0.3 is 0 Å². The standard InChI is InChI=1S/C11H14O2S/c12-7-11-9(13)6-10(14-11)8-4-2-1-3-5-8/h1-5,9-13H,6-7H2/t9-,10-,11-/m0/s1. The van der Waals surface area contributed by atoms with Crippen molar-refractivity contribution < 1.29 is 10.2 Å². The molecule has 1 fully saturated rings. The van der Waals surface area contributed by atoms with E-state index in [1.54, 1.807) is 11.8 Å². The highest BCUT2D eigenvalue weighted by Crippen LogP contribution is 2.44. The van der Waals surface area contributed by atoms with E-state index in [0.717, 1.165) is 6.42 Å². The first-order valence-corrected chi connectivity index (χ1v) is 5.75. The summed E-state index contributed by atoms with van der Waals surface area (Å²) in [6.07, 6.45) is 0.384. The Bertz CT molecular complexity index is 289. The van der Waals surface area contributed by atoms with E-state index in [2.05, 4.69) is 12.1 Å². The summed E-state index contributed by atoms with van der Waals surface area (Å²) in [6.45, 7) is 0.0646. The van der Waals surface area contributed by atoms with E-state index < -0.39 is 0 Å². The van der Waals surface area contributed by atoms with Crippen LogP contribution in [0.5, 0.6) is 0 Å². The molecule has 3 heteroatoms. The Hall–Kier alpha value is -0.510. The van der Waals surface area contributed by atoms with Crippen LogP contribution in [0.25, 0.3) is 0 Å². The van der Waals surface area contributed by atoms with Crippen molar-refractivity contribution in [3.8, 4) is 0 Å². The van der Waals surface area contributed by atoms with Crippen LogP contribution in [-0.2, 0) is 0 Å². The van der Waals surface area contributed by atoms with E-state index in [-0.39, 0.29) is 18.0 Å². The van der Waals surface area contributed by atoms with Gasteiger partial charge in [-0.2, -0.15) is 0 Å². The fourth-order valence-corrected chi connectivity index (χ4v) is 3.20. The highest BCUT2D eigenvalue weighted by Gasteiger charge is 2.33. The van der Waals surface area contributed by atoms with Gasteiger partial charge in [0.2, 0.25) is 0 Å². The highest BCUT2D eigenvalue weighted by molar-refractivity contribution is 8.00.